The highest BCUT2D eigenvalue weighted by atomic mass is 35.5. The van der Waals surface area contributed by atoms with Gasteiger partial charge in [0.1, 0.15) is 0 Å². The lowest BCUT2D eigenvalue weighted by molar-refractivity contribution is -0.120. The van der Waals surface area contributed by atoms with E-state index < -0.39 is 0 Å². The van der Waals surface area contributed by atoms with Gasteiger partial charge in [-0.25, -0.2) is 0 Å². The van der Waals surface area contributed by atoms with Crippen molar-refractivity contribution in [1.29, 1.82) is 0 Å². The van der Waals surface area contributed by atoms with E-state index in [1.165, 1.54) is 0 Å². The van der Waals surface area contributed by atoms with Gasteiger partial charge >= 0.3 is 0 Å². The van der Waals surface area contributed by atoms with Crippen molar-refractivity contribution < 1.29 is 4.79 Å². The summed E-state index contributed by atoms with van der Waals surface area (Å²) < 4.78 is 1.81. The number of carbonyl (C=O) groups is 1. The largest absolute Gasteiger partial charge is 0.354 e. The Kier molecular flexibility index (Phi) is 6.02. The number of aryl methyl sites for hydroxylation is 2. The number of carbonyl (C=O) groups excluding carboxylic acids is 1. The lowest BCUT2D eigenvalue weighted by Gasteiger charge is -2.26. The molecule has 130 valence electrons. The number of hydrogen-bond donors (Lipinski definition) is 1. The maximum absolute atomic E-state index is 12.4. The second-order valence-electron chi connectivity index (χ2n) is 6.25. The van der Waals surface area contributed by atoms with Crippen molar-refractivity contribution >= 4 is 17.5 Å². The summed E-state index contributed by atoms with van der Waals surface area (Å²) in [5.74, 6) is -0.00639. The highest BCUT2D eigenvalue weighted by Crippen LogP contribution is 2.25. The number of nitrogens with zero attached hydrogens (tertiary/aromatic N) is 3. The van der Waals surface area contributed by atoms with Crippen molar-refractivity contribution in [3.8, 4) is 0 Å². The molecule has 0 fully saturated rings. The van der Waals surface area contributed by atoms with Crippen molar-refractivity contribution in [1.82, 2.24) is 20.0 Å². The first-order valence-corrected chi connectivity index (χ1v) is 8.35. The Morgan fingerprint density at radius 2 is 2.00 bits per heavy atom. The number of aromatic nitrogens is 2. The van der Waals surface area contributed by atoms with Gasteiger partial charge in [-0.2, -0.15) is 5.10 Å². The van der Waals surface area contributed by atoms with E-state index >= 15 is 0 Å². The average molecular weight is 349 g/mol. The SMILES string of the molecule is Cc1nn(C)c(C)c1CC(=O)NC[C@@H](c1ccccc1Cl)N(C)C. The molecule has 5 nitrogen and oxygen atoms in total. The molecule has 0 aliphatic rings. The summed E-state index contributed by atoms with van der Waals surface area (Å²) in [6, 6.07) is 7.76. The molecule has 0 aliphatic heterocycles. The van der Waals surface area contributed by atoms with E-state index in [9.17, 15) is 4.79 Å². The van der Waals surface area contributed by atoms with Gasteiger partial charge in [0.25, 0.3) is 0 Å². The van der Waals surface area contributed by atoms with Crippen LogP contribution in [0, 0.1) is 13.8 Å². The number of rotatable bonds is 6. The van der Waals surface area contributed by atoms with Gasteiger partial charge in [-0.3, -0.25) is 9.48 Å². The molecule has 0 unspecified atom stereocenters. The Labute approximate surface area is 148 Å². The van der Waals surface area contributed by atoms with Crippen LogP contribution in [0.1, 0.15) is 28.6 Å². The van der Waals surface area contributed by atoms with E-state index in [1.807, 2.05) is 63.9 Å². The quantitative estimate of drug-likeness (QED) is 0.873. The first-order chi connectivity index (χ1) is 11.3. The predicted molar refractivity (Wildman–Crippen MR) is 97.3 cm³/mol. The van der Waals surface area contributed by atoms with Gasteiger partial charge < -0.3 is 10.2 Å². The molecule has 6 heteroatoms. The van der Waals surface area contributed by atoms with Crippen LogP contribution in [0.25, 0.3) is 0 Å². The zero-order chi connectivity index (χ0) is 17.9. The molecule has 2 rings (SSSR count). The molecular weight excluding hydrogens is 324 g/mol. The summed E-state index contributed by atoms with van der Waals surface area (Å²) >= 11 is 6.30. The van der Waals surface area contributed by atoms with Crippen LogP contribution in [0.15, 0.2) is 24.3 Å². The van der Waals surface area contributed by atoms with Crippen LogP contribution in [0.4, 0.5) is 0 Å². The lowest BCUT2D eigenvalue weighted by Crippen LogP contribution is -2.35. The summed E-state index contributed by atoms with van der Waals surface area (Å²) in [5, 5.41) is 8.10. The molecule has 0 aliphatic carbocycles. The molecule has 1 N–H and O–H groups in total. The predicted octanol–water partition coefficient (Wildman–Crippen LogP) is 2.65. The van der Waals surface area contributed by atoms with E-state index in [-0.39, 0.29) is 11.9 Å². The minimum atomic E-state index is -0.00639. The molecule has 1 atom stereocenters. The van der Waals surface area contributed by atoms with E-state index in [0.717, 1.165) is 22.5 Å². The Bertz CT molecular complexity index is 724. The molecule has 0 bridgehead atoms. The van der Waals surface area contributed by atoms with E-state index in [4.69, 9.17) is 11.6 Å². The summed E-state index contributed by atoms with van der Waals surface area (Å²) in [4.78, 5) is 14.4. The molecule has 1 amide bonds. The van der Waals surface area contributed by atoms with Crippen molar-refractivity contribution in [3.63, 3.8) is 0 Å². The van der Waals surface area contributed by atoms with Gasteiger partial charge in [-0.1, -0.05) is 29.8 Å². The average Bonchev–Trinajstić information content (AvgIpc) is 2.75. The standard InChI is InChI=1S/C18H25ClN4O/c1-12-15(13(2)23(5)21-12)10-18(24)20-11-17(22(3)4)14-8-6-7-9-16(14)19/h6-9,17H,10-11H2,1-5H3,(H,20,24)/t17-/m0/s1. The van der Waals surface area contributed by atoms with Crippen LogP contribution in [-0.4, -0.2) is 41.2 Å². The molecule has 0 radical (unpaired) electrons. The van der Waals surface area contributed by atoms with Gasteiger partial charge in [0.15, 0.2) is 0 Å². The molecule has 1 heterocycles. The minimum absolute atomic E-state index is 0.00639. The molecule has 24 heavy (non-hydrogen) atoms. The summed E-state index contributed by atoms with van der Waals surface area (Å²) in [5.41, 5.74) is 3.94. The van der Waals surface area contributed by atoms with Gasteiger partial charge in [0, 0.05) is 29.9 Å². The van der Waals surface area contributed by atoms with Crippen LogP contribution in [-0.2, 0) is 18.3 Å². The van der Waals surface area contributed by atoms with Crippen LogP contribution < -0.4 is 5.32 Å². The normalized spacial score (nSPS) is 12.5. The van der Waals surface area contributed by atoms with Crippen molar-refractivity contribution in [2.45, 2.75) is 26.3 Å². The Morgan fingerprint density at radius 3 is 2.54 bits per heavy atom. The second-order valence-corrected chi connectivity index (χ2v) is 6.66. The van der Waals surface area contributed by atoms with Crippen LogP contribution >= 0.6 is 11.6 Å². The maximum atomic E-state index is 12.4. The van der Waals surface area contributed by atoms with Gasteiger partial charge in [-0.15, -0.1) is 0 Å². The Hall–Kier alpha value is -1.85. The topological polar surface area (TPSA) is 50.2 Å². The minimum Gasteiger partial charge on any atom is -0.354 e. The number of amides is 1. The lowest BCUT2D eigenvalue weighted by atomic mass is 10.1. The summed E-state index contributed by atoms with van der Waals surface area (Å²) in [6.45, 7) is 4.42. The van der Waals surface area contributed by atoms with Crippen LogP contribution in [0.3, 0.4) is 0 Å². The molecule has 0 saturated carbocycles. The third-order valence-electron chi connectivity index (χ3n) is 4.38. The molecule has 0 spiro atoms. The number of halogens is 1. The highest BCUT2D eigenvalue weighted by Gasteiger charge is 2.19. The fraction of sp³-hybridized carbons (Fsp3) is 0.444. The second kappa shape index (κ2) is 7.81. The van der Waals surface area contributed by atoms with Gasteiger partial charge in [0.2, 0.25) is 5.91 Å². The Balaban J connectivity index is 2.04. The number of nitrogens with one attached hydrogen (secondary N) is 1. The molecule has 1 aromatic heterocycles. The van der Waals surface area contributed by atoms with Gasteiger partial charge in [-0.05, 0) is 39.6 Å². The summed E-state index contributed by atoms with van der Waals surface area (Å²) in [6.07, 6.45) is 0.341. The van der Waals surface area contributed by atoms with Crippen molar-refractivity contribution in [2.24, 2.45) is 7.05 Å². The van der Waals surface area contributed by atoms with E-state index in [1.54, 1.807) is 0 Å². The summed E-state index contributed by atoms with van der Waals surface area (Å²) in [7, 11) is 5.86. The molecular formula is C18H25ClN4O. The smallest absolute Gasteiger partial charge is 0.224 e. The van der Waals surface area contributed by atoms with Crippen molar-refractivity contribution in [2.75, 3.05) is 20.6 Å². The maximum Gasteiger partial charge on any atom is 0.224 e. The zero-order valence-electron chi connectivity index (χ0n) is 14.9. The monoisotopic (exact) mass is 348 g/mol. The van der Waals surface area contributed by atoms with E-state index in [2.05, 4.69) is 15.3 Å². The molecule has 0 saturated heterocycles. The fourth-order valence-electron chi connectivity index (χ4n) is 2.82. The fourth-order valence-corrected chi connectivity index (χ4v) is 3.08. The highest BCUT2D eigenvalue weighted by molar-refractivity contribution is 6.31. The van der Waals surface area contributed by atoms with Crippen LogP contribution in [0.2, 0.25) is 5.02 Å². The van der Waals surface area contributed by atoms with Crippen LogP contribution in [0.5, 0.6) is 0 Å². The zero-order valence-corrected chi connectivity index (χ0v) is 15.7. The van der Waals surface area contributed by atoms with Gasteiger partial charge in [0.05, 0.1) is 18.2 Å². The Morgan fingerprint density at radius 1 is 1.33 bits per heavy atom. The molecule has 1 aromatic carbocycles. The third kappa shape index (κ3) is 4.16. The number of benzene rings is 1. The third-order valence-corrected chi connectivity index (χ3v) is 4.72. The number of likely N-dealkylation sites (N-methyl/N-ethyl adjacent to an activating group) is 1. The van der Waals surface area contributed by atoms with Crippen molar-refractivity contribution in [3.05, 3.63) is 51.8 Å². The van der Waals surface area contributed by atoms with E-state index in [0.29, 0.717) is 18.0 Å². The number of hydrogen-bond acceptors (Lipinski definition) is 3. The first kappa shape index (κ1) is 18.5. The molecule has 2 aromatic rings. The first-order valence-electron chi connectivity index (χ1n) is 7.98.